The van der Waals surface area contributed by atoms with E-state index >= 15 is 0 Å². The number of sulfone groups is 1. The molecule has 1 amide bonds. The molecule has 128 valence electrons. The Bertz CT molecular complexity index is 820. The number of hydrogen-bond donors (Lipinski definition) is 1. The highest BCUT2D eigenvalue weighted by molar-refractivity contribution is 7.91. The number of imidazole rings is 1. The van der Waals surface area contributed by atoms with Crippen LogP contribution in [0.15, 0.2) is 36.9 Å². The maximum Gasteiger partial charge on any atom is 0.223 e. The molecule has 24 heavy (non-hydrogen) atoms. The fraction of sp³-hybridized carbons (Fsp3) is 0.375. The highest BCUT2D eigenvalue weighted by atomic mass is 32.2. The van der Waals surface area contributed by atoms with E-state index in [1.54, 1.807) is 29.1 Å². The van der Waals surface area contributed by atoms with E-state index in [0.717, 1.165) is 0 Å². The maximum absolute atomic E-state index is 14.1. The van der Waals surface area contributed by atoms with Crippen LogP contribution in [0.4, 0.5) is 4.39 Å². The smallest absolute Gasteiger partial charge is 0.223 e. The first-order chi connectivity index (χ1) is 11.4. The predicted octanol–water partition coefficient (Wildman–Crippen LogP) is 1.45. The largest absolute Gasteiger partial charge is 0.352 e. The van der Waals surface area contributed by atoms with Crippen LogP contribution in [-0.4, -0.2) is 35.4 Å². The summed E-state index contributed by atoms with van der Waals surface area (Å²) < 4.78 is 38.5. The number of nitrogens with zero attached hydrogens (tertiary/aromatic N) is 2. The van der Waals surface area contributed by atoms with Crippen molar-refractivity contribution in [2.45, 2.75) is 19.4 Å². The molecule has 0 atom stereocenters. The van der Waals surface area contributed by atoms with Gasteiger partial charge in [0.1, 0.15) is 15.7 Å². The Kier molecular flexibility index (Phi) is 4.66. The maximum atomic E-state index is 14.1. The number of hydrogen-bond acceptors (Lipinski definition) is 4. The molecule has 0 unspecified atom stereocenters. The number of benzene rings is 1. The van der Waals surface area contributed by atoms with Crippen molar-refractivity contribution in [3.63, 3.8) is 0 Å². The zero-order valence-corrected chi connectivity index (χ0v) is 13.8. The van der Waals surface area contributed by atoms with Crippen LogP contribution in [0, 0.1) is 11.7 Å². The second kappa shape index (κ2) is 6.72. The van der Waals surface area contributed by atoms with Crippen LogP contribution in [0.2, 0.25) is 0 Å². The lowest BCUT2D eigenvalue weighted by atomic mass is 10.0. The van der Waals surface area contributed by atoms with Gasteiger partial charge in [0, 0.05) is 24.9 Å². The predicted molar refractivity (Wildman–Crippen MR) is 86.7 cm³/mol. The topological polar surface area (TPSA) is 81.1 Å². The van der Waals surface area contributed by atoms with Crippen LogP contribution in [0.5, 0.6) is 0 Å². The summed E-state index contributed by atoms with van der Waals surface area (Å²) in [5, 5.41) is 2.76. The monoisotopic (exact) mass is 351 g/mol. The van der Waals surface area contributed by atoms with Gasteiger partial charge in [-0.15, -0.1) is 0 Å². The zero-order chi connectivity index (χ0) is 17.2. The van der Waals surface area contributed by atoms with Gasteiger partial charge >= 0.3 is 0 Å². The van der Waals surface area contributed by atoms with Crippen LogP contribution in [0.1, 0.15) is 18.4 Å². The average Bonchev–Trinajstić information content (AvgIpc) is 3.07. The molecule has 8 heteroatoms. The molecule has 0 spiro atoms. The first-order valence-corrected chi connectivity index (χ1v) is 9.52. The molecule has 1 aromatic heterocycles. The number of carbonyl (C=O) groups is 1. The van der Waals surface area contributed by atoms with Crippen LogP contribution < -0.4 is 5.32 Å². The standard InChI is InChI=1S/C16H18FN3O3S/c17-14-9-12(1-2-15(14)20-6-5-18-11-20)10-19-16(21)13-3-7-24(22,23)8-4-13/h1-2,5-6,9,11,13H,3-4,7-8,10H2,(H,19,21). The van der Waals surface area contributed by atoms with Gasteiger partial charge in [0.25, 0.3) is 0 Å². The van der Waals surface area contributed by atoms with Gasteiger partial charge in [-0.05, 0) is 30.5 Å². The highest BCUT2D eigenvalue weighted by Crippen LogP contribution is 2.19. The quantitative estimate of drug-likeness (QED) is 0.904. The normalized spacial score (nSPS) is 17.5. The lowest BCUT2D eigenvalue weighted by Crippen LogP contribution is -2.35. The van der Waals surface area contributed by atoms with E-state index in [0.29, 0.717) is 24.1 Å². The minimum absolute atomic E-state index is 0.0549. The summed E-state index contributed by atoms with van der Waals surface area (Å²) in [6.45, 7) is 0.212. The average molecular weight is 351 g/mol. The number of aromatic nitrogens is 2. The van der Waals surface area contributed by atoms with E-state index < -0.39 is 15.7 Å². The Morgan fingerprint density at radius 1 is 1.33 bits per heavy atom. The lowest BCUT2D eigenvalue weighted by Gasteiger charge is -2.21. The molecule has 3 rings (SSSR count). The molecule has 6 nitrogen and oxygen atoms in total. The number of rotatable bonds is 4. The van der Waals surface area contributed by atoms with Crippen molar-refractivity contribution in [3.05, 3.63) is 48.3 Å². The third-order valence-electron chi connectivity index (χ3n) is 4.19. The van der Waals surface area contributed by atoms with Gasteiger partial charge in [-0.3, -0.25) is 4.79 Å². The SMILES string of the molecule is O=C(NCc1ccc(-n2ccnc2)c(F)c1)C1CCS(=O)(=O)CC1. The Morgan fingerprint density at radius 2 is 2.08 bits per heavy atom. The Hall–Kier alpha value is -2.22. The van der Waals surface area contributed by atoms with Gasteiger partial charge in [0.2, 0.25) is 5.91 Å². The first-order valence-electron chi connectivity index (χ1n) is 7.69. The lowest BCUT2D eigenvalue weighted by molar-refractivity contribution is -0.125. The number of halogens is 1. The fourth-order valence-electron chi connectivity index (χ4n) is 2.76. The van der Waals surface area contributed by atoms with E-state index in [-0.39, 0.29) is 29.9 Å². The summed E-state index contributed by atoms with van der Waals surface area (Å²) in [4.78, 5) is 16.0. The second-order valence-electron chi connectivity index (χ2n) is 5.90. The molecule has 1 saturated heterocycles. The molecule has 1 N–H and O–H groups in total. The van der Waals surface area contributed by atoms with Crippen LogP contribution in [-0.2, 0) is 21.2 Å². The van der Waals surface area contributed by atoms with Crippen molar-refractivity contribution in [1.29, 1.82) is 0 Å². The second-order valence-corrected chi connectivity index (χ2v) is 8.20. The fourth-order valence-corrected chi connectivity index (χ4v) is 4.25. The van der Waals surface area contributed by atoms with Crippen LogP contribution in [0.3, 0.4) is 0 Å². The molecule has 0 radical (unpaired) electrons. The van der Waals surface area contributed by atoms with Crippen molar-refractivity contribution in [2.75, 3.05) is 11.5 Å². The Morgan fingerprint density at radius 3 is 2.71 bits per heavy atom. The van der Waals surface area contributed by atoms with Crippen molar-refractivity contribution >= 4 is 15.7 Å². The van der Waals surface area contributed by atoms with Crippen molar-refractivity contribution in [1.82, 2.24) is 14.9 Å². The highest BCUT2D eigenvalue weighted by Gasteiger charge is 2.28. The molecule has 2 aromatic rings. The molecular weight excluding hydrogens is 333 g/mol. The van der Waals surface area contributed by atoms with E-state index in [2.05, 4.69) is 10.3 Å². The van der Waals surface area contributed by atoms with E-state index in [1.807, 2.05) is 0 Å². The van der Waals surface area contributed by atoms with E-state index in [9.17, 15) is 17.6 Å². The van der Waals surface area contributed by atoms with Crippen LogP contribution >= 0.6 is 0 Å². The molecule has 2 heterocycles. The van der Waals surface area contributed by atoms with Gasteiger partial charge in [-0.25, -0.2) is 17.8 Å². The third kappa shape index (κ3) is 3.81. The number of carbonyl (C=O) groups excluding carboxylic acids is 1. The van der Waals surface area contributed by atoms with Crippen molar-refractivity contribution in [3.8, 4) is 5.69 Å². The first kappa shape index (κ1) is 16.6. The van der Waals surface area contributed by atoms with E-state index in [4.69, 9.17) is 0 Å². The molecule has 0 saturated carbocycles. The third-order valence-corrected chi connectivity index (χ3v) is 5.90. The van der Waals surface area contributed by atoms with Crippen molar-refractivity contribution in [2.24, 2.45) is 5.92 Å². The summed E-state index contributed by atoms with van der Waals surface area (Å²) in [5.41, 5.74) is 1.04. The summed E-state index contributed by atoms with van der Waals surface area (Å²) in [6, 6.07) is 4.75. The summed E-state index contributed by atoms with van der Waals surface area (Å²) in [6.07, 6.45) is 5.43. The molecule has 1 fully saturated rings. The molecule has 1 aromatic carbocycles. The zero-order valence-electron chi connectivity index (χ0n) is 13.0. The summed E-state index contributed by atoms with van der Waals surface area (Å²) in [5.74, 6) is -0.755. The minimum Gasteiger partial charge on any atom is -0.352 e. The number of amides is 1. The van der Waals surface area contributed by atoms with Crippen molar-refractivity contribution < 1.29 is 17.6 Å². The molecule has 0 aliphatic carbocycles. The number of nitrogens with one attached hydrogen (secondary N) is 1. The summed E-state index contributed by atoms with van der Waals surface area (Å²) >= 11 is 0. The molecular formula is C16H18FN3O3S. The summed E-state index contributed by atoms with van der Waals surface area (Å²) in [7, 11) is -2.99. The minimum atomic E-state index is -2.99. The van der Waals surface area contributed by atoms with Gasteiger partial charge in [0.15, 0.2) is 0 Å². The molecule has 1 aliphatic rings. The van der Waals surface area contributed by atoms with Gasteiger partial charge in [-0.2, -0.15) is 0 Å². The van der Waals surface area contributed by atoms with E-state index in [1.165, 1.54) is 12.4 Å². The Balaban J connectivity index is 1.59. The van der Waals surface area contributed by atoms with Gasteiger partial charge < -0.3 is 9.88 Å². The van der Waals surface area contributed by atoms with Gasteiger partial charge in [-0.1, -0.05) is 6.07 Å². The molecule has 1 aliphatic heterocycles. The van der Waals surface area contributed by atoms with Gasteiger partial charge in [0.05, 0.1) is 23.5 Å². The van der Waals surface area contributed by atoms with Crippen LogP contribution in [0.25, 0.3) is 5.69 Å². The Labute approximate surface area is 139 Å². The molecule has 0 bridgehead atoms.